The molecule has 1 heterocycles. The van der Waals surface area contributed by atoms with Crippen LogP contribution in [0.25, 0.3) is 0 Å². The maximum atomic E-state index is 12.2. The largest absolute Gasteiger partial charge is 0.396 e. The van der Waals surface area contributed by atoms with Crippen molar-refractivity contribution in [2.24, 2.45) is 0 Å². The minimum atomic E-state index is -0.130. The molecule has 0 aliphatic rings. The van der Waals surface area contributed by atoms with Crippen molar-refractivity contribution in [1.29, 1.82) is 0 Å². The van der Waals surface area contributed by atoms with Crippen LogP contribution in [0.2, 0.25) is 0 Å². The molecule has 0 aliphatic carbocycles. The van der Waals surface area contributed by atoms with Crippen LogP contribution in [0.4, 0.5) is 4.79 Å². The van der Waals surface area contributed by atoms with E-state index in [0.29, 0.717) is 19.5 Å². The number of aromatic nitrogens is 1. The molecule has 2 rings (SSSR count). The number of amides is 2. The molecule has 0 saturated carbocycles. The molecule has 6 heteroatoms. The summed E-state index contributed by atoms with van der Waals surface area (Å²) in [4.78, 5) is 18.2. The van der Waals surface area contributed by atoms with Crippen LogP contribution in [0.5, 0.6) is 0 Å². The quantitative estimate of drug-likeness (QED) is 0.819. The van der Waals surface area contributed by atoms with Gasteiger partial charge in [-0.05, 0) is 18.9 Å². The standard InChI is InChI=1S/C17H23N3O2S/c1-13-19-16(12-23-13)11-20(2)17(22)18-10-15(8-9-21)14-6-4-3-5-7-14/h3-7,12,15,21H,8-11H2,1-2H3,(H,18,22). The molecule has 1 aromatic heterocycles. The summed E-state index contributed by atoms with van der Waals surface area (Å²) in [5.74, 6) is 0.111. The molecule has 0 aliphatic heterocycles. The molecule has 0 saturated heterocycles. The van der Waals surface area contributed by atoms with Crippen LogP contribution in [0, 0.1) is 6.92 Å². The van der Waals surface area contributed by atoms with E-state index in [1.54, 1.807) is 23.3 Å². The van der Waals surface area contributed by atoms with Gasteiger partial charge in [-0.1, -0.05) is 30.3 Å². The molecule has 1 aromatic carbocycles. The van der Waals surface area contributed by atoms with Crippen LogP contribution in [0.3, 0.4) is 0 Å². The average Bonchev–Trinajstić information content (AvgIpc) is 2.96. The zero-order chi connectivity index (χ0) is 16.7. The molecule has 23 heavy (non-hydrogen) atoms. The molecular weight excluding hydrogens is 310 g/mol. The van der Waals surface area contributed by atoms with Crippen LogP contribution in [0.15, 0.2) is 35.7 Å². The fourth-order valence-corrected chi connectivity index (χ4v) is 3.01. The van der Waals surface area contributed by atoms with Crippen molar-refractivity contribution in [2.75, 3.05) is 20.2 Å². The first-order valence-corrected chi connectivity index (χ1v) is 8.54. The Morgan fingerprint density at radius 1 is 1.39 bits per heavy atom. The average molecular weight is 333 g/mol. The molecule has 5 nitrogen and oxygen atoms in total. The van der Waals surface area contributed by atoms with Gasteiger partial charge in [0, 0.05) is 31.5 Å². The summed E-state index contributed by atoms with van der Waals surface area (Å²) < 4.78 is 0. The topological polar surface area (TPSA) is 65.5 Å². The number of nitrogens with zero attached hydrogens (tertiary/aromatic N) is 2. The number of carbonyl (C=O) groups excluding carboxylic acids is 1. The zero-order valence-corrected chi connectivity index (χ0v) is 14.3. The van der Waals surface area contributed by atoms with Gasteiger partial charge in [-0.15, -0.1) is 11.3 Å². The van der Waals surface area contributed by atoms with Gasteiger partial charge in [-0.25, -0.2) is 9.78 Å². The predicted molar refractivity (Wildman–Crippen MR) is 92.6 cm³/mol. The second-order valence-electron chi connectivity index (χ2n) is 5.52. The summed E-state index contributed by atoms with van der Waals surface area (Å²) in [5.41, 5.74) is 2.03. The Bertz CT molecular complexity index is 615. The molecule has 124 valence electrons. The van der Waals surface area contributed by atoms with Crippen molar-refractivity contribution in [3.63, 3.8) is 0 Å². The van der Waals surface area contributed by atoms with Crippen LogP contribution in [-0.4, -0.2) is 41.2 Å². The fourth-order valence-electron chi connectivity index (χ4n) is 2.41. The molecule has 1 atom stereocenters. The number of thiazole rings is 1. The van der Waals surface area contributed by atoms with Gasteiger partial charge < -0.3 is 15.3 Å². The first kappa shape index (κ1) is 17.4. The molecule has 2 aromatic rings. The number of hydrogen-bond acceptors (Lipinski definition) is 4. The van der Waals surface area contributed by atoms with Crippen molar-refractivity contribution in [1.82, 2.24) is 15.2 Å². The Balaban J connectivity index is 1.88. The lowest BCUT2D eigenvalue weighted by atomic mass is 9.96. The number of benzene rings is 1. The number of aliphatic hydroxyl groups excluding tert-OH is 1. The van der Waals surface area contributed by atoms with Crippen molar-refractivity contribution in [2.45, 2.75) is 25.8 Å². The van der Waals surface area contributed by atoms with E-state index in [-0.39, 0.29) is 18.6 Å². The SMILES string of the molecule is Cc1nc(CN(C)C(=O)NCC(CCO)c2ccccc2)cs1. The minimum Gasteiger partial charge on any atom is -0.396 e. The highest BCUT2D eigenvalue weighted by atomic mass is 32.1. The normalized spacial score (nSPS) is 12.0. The lowest BCUT2D eigenvalue weighted by Crippen LogP contribution is -2.39. The Morgan fingerprint density at radius 2 is 2.13 bits per heavy atom. The van der Waals surface area contributed by atoms with E-state index < -0.39 is 0 Å². The molecule has 0 fully saturated rings. The highest BCUT2D eigenvalue weighted by molar-refractivity contribution is 7.09. The summed E-state index contributed by atoms with van der Waals surface area (Å²) in [6.07, 6.45) is 0.624. The van der Waals surface area contributed by atoms with E-state index in [1.165, 1.54) is 0 Å². The van der Waals surface area contributed by atoms with Crippen molar-refractivity contribution < 1.29 is 9.90 Å². The van der Waals surface area contributed by atoms with Gasteiger partial charge in [0.15, 0.2) is 0 Å². The van der Waals surface area contributed by atoms with Gasteiger partial charge in [0.25, 0.3) is 0 Å². The fraction of sp³-hybridized carbons (Fsp3) is 0.412. The van der Waals surface area contributed by atoms with Gasteiger partial charge in [0.2, 0.25) is 0 Å². The van der Waals surface area contributed by atoms with Gasteiger partial charge in [0.1, 0.15) is 0 Å². The summed E-state index contributed by atoms with van der Waals surface area (Å²) in [6, 6.07) is 9.82. The van der Waals surface area contributed by atoms with Gasteiger partial charge >= 0.3 is 6.03 Å². The Hall–Kier alpha value is -1.92. The maximum absolute atomic E-state index is 12.2. The Morgan fingerprint density at radius 3 is 2.74 bits per heavy atom. The first-order chi connectivity index (χ1) is 11.1. The molecule has 0 radical (unpaired) electrons. The zero-order valence-electron chi connectivity index (χ0n) is 13.5. The van der Waals surface area contributed by atoms with Crippen molar-refractivity contribution in [3.8, 4) is 0 Å². The third-order valence-corrected chi connectivity index (χ3v) is 4.48. The number of nitrogens with one attached hydrogen (secondary N) is 1. The Labute approximate surface area is 141 Å². The Kier molecular flexibility index (Phi) is 6.55. The van der Waals surface area contributed by atoms with E-state index >= 15 is 0 Å². The van der Waals surface area contributed by atoms with Gasteiger partial charge in [-0.3, -0.25) is 0 Å². The monoisotopic (exact) mass is 333 g/mol. The summed E-state index contributed by atoms with van der Waals surface area (Å²) >= 11 is 1.58. The second-order valence-corrected chi connectivity index (χ2v) is 6.58. The molecule has 0 bridgehead atoms. The first-order valence-electron chi connectivity index (χ1n) is 7.66. The summed E-state index contributed by atoms with van der Waals surface area (Å²) in [5, 5.41) is 15.2. The molecule has 1 unspecified atom stereocenters. The smallest absolute Gasteiger partial charge is 0.317 e. The highest BCUT2D eigenvalue weighted by Gasteiger charge is 2.15. The van der Waals surface area contributed by atoms with Gasteiger partial charge in [0.05, 0.1) is 17.2 Å². The highest BCUT2D eigenvalue weighted by Crippen LogP contribution is 2.18. The maximum Gasteiger partial charge on any atom is 0.317 e. The number of aryl methyl sites for hydroxylation is 1. The minimum absolute atomic E-state index is 0.101. The summed E-state index contributed by atoms with van der Waals surface area (Å²) in [7, 11) is 1.76. The number of carbonyl (C=O) groups is 1. The second kappa shape index (κ2) is 8.64. The van der Waals surface area contributed by atoms with Crippen LogP contribution >= 0.6 is 11.3 Å². The van der Waals surface area contributed by atoms with Crippen LogP contribution in [-0.2, 0) is 6.54 Å². The number of hydrogen-bond donors (Lipinski definition) is 2. The third-order valence-electron chi connectivity index (χ3n) is 3.66. The van der Waals surface area contributed by atoms with Crippen molar-refractivity contribution >= 4 is 17.4 Å². The van der Waals surface area contributed by atoms with Crippen LogP contribution < -0.4 is 5.32 Å². The molecule has 2 amide bonds. The van der Waals surface area contributed by atoms with E-state index in [2.05, 4.69) is 10.3 Å². The van der Waals surface area contributed by atoms with E-state index in [1.807, 2.05) is 42.6 Å². The lowest BCUT2D eigenvalue weighted by Gasteiger charge is -2.21. The molecule has 0 spiro atoms. The number of aliphatic hydroxyl groups is 1. The van der Waals surface area contributed by atoms with E-state index in [4.69, 9.17) is 0 Å². The molecule has 2 N–H and O–H groups in total. The number of urea groups is 1. The van der Waals surface area contributed by atoms with Gasteiger partial charge in [-0.2, -0.15) is 0 Å². The third kappa shape index (κ3) is 5.33. The van der Waals surface area contributed by atoms with E-state index in [9.17, 15) is 9.90 Å². The van der Waals surface area contributed by atoms with E-state index in [0.717, 1.165) is 16.3 Å². The number of rotatable bonds is 7. The lowest BCUT2D eigenvalue weighted by molar-refractivity contribution is 0.204. The molecular formula is C17H23N3O2S. The predicted octanol–water partition coefficient (Wildman–Crippen LogP) is 2.76. The van der Waals surface area contributed by atoms with Crippen LogP contribution in [0.1, 0.15) is 28.6 Å². The summed E-state index contributed by atoms with van der Waals surface area (Å²) in [6.45, 7) is 3.05. The van der Waals surface area contributed by atoms with Crippen molar-refractivity contribution in [3.05, 3.63) is 52.0 Å².